The first-order chi connectivity index (χ1) is 5.79. The van der Waals surface area contributed by atoms with Crippen molar-refractivity contribution in [3.8, 4) is 0 Å². The number of nitrogens with two attached hydrogens (primary N) is 1. The molecule has 0 aliphatic rings. The molecular formula is C8H13N3O. The van der Waals surface area contributed by atoms with E-state index in [1.807, 2.05) is 0 Å². The second-order valence-electron chi connectivity index (χ2n) is 2.75. The van der Waals surface area contributed by atoms with Crippen molar-refractivity contribution in [3.05, 3.63) is 18.2 Å². The van der Waals surface area contributed by atoms with Gasteiger partial charge < -0.3 is 10.7 Å². The van der Waals surface area contributed by atoms with Crippen LogP contribution in [0.25, 0.3) is 0 Å². The van der Waals surface area contributed by atoms with Gasteiger partial charge in [-0.3, -0.25) is 4.79 Å². The van der Waals surface area contributed by atoms with E-state index in [1.54, 1.807) is 12.5 Å². The SMILES string of the molecule is NC(=O)CCCCc1cnc[nH]1. The first-order valence-corrected chi connectivity index (χ1v) is 4.04. The minimum atomic E-state index is -0.223. The number of nitrogens with one attached hydrogen (secondary N) is 1. The molecule has 0 bridgehead atoms. The second-order valence-corrected chi connectivity index (χ2v) is 2.75. The number of aromatic amines is 1. The Balaban J connectivity index is 2.07. The number of imidazole rings is 1. The van der Waals surface area contributed by atoms with E-state index >= 15 is 0 Å². The fourth-order valence-corrected chi connectivity index (χ4v) is 1.04. The van der Waals surface area contributed by atoms with E-state index in [0.29, 0.717) is 6.42 Å². The Morgan fingerprint density at radius 2 is 2.42 bits per heavy atom. The lowest BCUT2D eigenvalue weighted by atomic mass is 10.1. The van der Waals surface area contributed by atoms with Crippen molar-refractivity contribution in [2.45, 2.75) is 25.7 Å². The highest BCUT2D eigenvalue weighted by atomic mass is 16.1. The summed E-state index contributed by atoms with van der Waals surface area (Å²) in [5.74, 6) is -0.223. The lowest BCUT2D eigenvalue weighted by molar-refractivity contribution is -0.118. The molecule has 1 aromatic rings. The number of aryl methyl sites for hydroxylation is 1. The van der Waals surface area contributed by atoms with Gasteiger partial charge in [0.1, 0.15) is 0 Å². The average molecular weight is 167 g/mol. The molecule has 66 valence electrons. The molecule has 3 N–H and O–H groups in total. The van der Waals surface area contributed by atoms with Gasteiger partial charge in [0.05, 0.1) is 6.33 Å². The summed E-state index contributed by atoms with van der Waals surface area (Å²) < 4.78 is 0. The summed E-state index contributed by atoms with van der Waals surface area (Å²) in [6.45, 7) is 0. The Morgan fingerprint density at radius 3 is 3.00 bits per heavy atom. The summed E-state index contributed by atoms with van der Waals surface area (Å²) in [6, 6.07) is 0. The molecule has 0 atom stereocenters. The number of rotatable bonds is 5. The van der Waals surface area contributed by atoms with Crippen LogP contribution in [0.15, 0.2) is 12.5 Å². The minimum absolute atomic E-state index is 0.223. The molecule has 0 saturated carbocycles. The van der Waals surface area contributed by atoms with Crippen LogP contribution in [0.4, 0.5) is 0 Å². The standard InChI is InChI=1S/C8H13N3O/c9-8(12)4-2-1-3-7-5-10-6-11-7/h5-6H,1-4H2,(H2,9,12)(H,10,11). The number of unbranched alkanes of at least 4 members (excludes halogenated alkanes) is 1. The highest BCUT2D eigenvalue weighted by Gasteiger charge is 1.96. The van der Waals surface area contributed by atoms with Gasteiger partial charge in [0.2, 0.25) is 5.91 Å². The largest absolute Gasteiger partial charge is 0.370 e. The van der Waals surface area contributed by atoms with Gasteiger partial charge in [-0.2, -0.15) is 0 Å². The molecule has 0 unspecified atom stereocenters. The van der Waals surface area contributed by atoms with Gasteiger partial charge in [0.25, 0.3) is 0 Å². The van der Waals surface area contributed by atoms with Crippen LogP contribution in [0.2, 0.25) is 0 Å². The van der Waals surface area contributed by atoms with Gasteiger partial charge in [-0.15, -0.1) is 0 Å². The highest BCUT2D eigenvalue weighted by Crippen LogP contribution is 2.01. The number of carbonyl (C=O) groups is 1. The smallest absolute Gasteiger partial charge is 0.217 e. The number of aromatic nitrogens is 2. The predicted molar refractivity (Wildman–Crippen MR) is 45.3 cm³/mol. The van der Waals surface area contributed by atoms with Crippen molar-refractivity contribution >= 4 is 5.91 Å². The maximum Gasteiger partial charge on any atom is 0.217 e. The normalized spacial score (nSPS) is 10.0. The third-order valence-electron chi connectivity index (χ3n) is 1.67. The number of hydrogen-bond donors (Lipinski definition) is 2. The third-order valence-corrected chi connectivity index (χ3v) is 1.67. The second kappa shape index (κ2) is 4.54. The van der Waals surface area contributed by atoms with Crippen LogP contribution in [0.3, 0.4) is 0 Å². The molecule has 1 aromatic heterocycles. The lowest BCUT2D eigenvalue weighted by Gasteiger charge is -1.95. The van der Waals surface area contributed by atoms with Gasteiger partial charge in [-0.25, -0.2) is 4.98 Å². The fraction of sp³-hybridized carbons (Fsp3) is 0.500. The van der Waals surface area contributed by atoms with Crippen molar-refractivity contribution < 1.29 is 4.79 Å². The minimum Gasteiger partial charge on any atom is -0.370 e. The van der Waals surface area contributed by atoms with Crippen LogP contribution in [-0.2, 0) is 11.2 Å². The van der Waals surface area contributed by atoms with Crippen LogP contribution in [0.1, 0.15) is 25.0 Å². The topological polar surface area (TPSA) is 71.8 Å². The van der Waals surface area contributed by atoms with Crippen molar-refractivity contribution in [3.63, 3.8) is 0 Å². The fourth-order valence-electron chi connectivity index (χ4n) is 1.04. The molecular weight excluding hydrogens is 154 g/mol. The molecule has 4 nitrogen and oxygen atoms in total. The molecule has 1 rings (SSSR count). The summed E-state index contributed by atoms with van der Waals surface area (Å²) in [5, 5.41) is 0. The molecule has 1 heterocycles. The van der Waals surface area contributed by atoms with E-state index < -0.39 is 0 Å². The molecule has 0 aromatic carbocycles. The van der Waals surface area contributed by atoms with E-state index in [1.165, 1.54) is 0 Å². The van der Waals surface area contributed by atoms with Crippen LogP contribution in [0.5, 0.6) is 0 Å². The number of carbonyl (C=O) groups excluding carboxylic acids is 1. The number of amides is 1. The zero-order chi connectivity index (χ0) is 8.81. The summed E-state index contributed by atoms with van der Waals surface area (Å²) in [4.78, 5) is 17.2. The third kappa shape index (κ3) is 3.18. The van der Waals surface area contributed by atoms with Crippen molar-refractivity contribution in [1.29, 1.82) is 0 Å². The first-order valence-electron chi connectivity index (χ1n) is 4.04. The maximum absolute atomic E-state index is 10.4. The maximum atomic E-state index is 10.4. The van der Waals surface area contributed by atoms with E-state index in [0.717, 1.165) is 25.0 Å². The Bertz CT molecular complexity index is 230. The zero-order valence-corrected chi connectivity index (χ0v) is 6.92. The van der Waals surface area contributed by atoms with E-state index in [4.69, 9.17) is 5.73 Å². The van der Waals surface area contributed by atoms with Gasteiger partial charge in [0, 0.05) is 18.3 Å². The van der Waals surface area contributed by atoms with Gasteiger partial charge in [-0.1, -0.05) is 0 Å². The van der Waals surface area contributed by atoms with E-state index in [2.05, 4.69) is 9.97 Å². The van der Waals surface area contributed by atoms with Crippen LogP contribution in [-0.4, -0.2) is 15.9 Å². The van der Waals surface area contributed by atoms with Crippen LogP contribution >= 0.6 is 0 Å². The van der Waals surface area contributed by atoms with Gasteiger partial charge in [-0.05, 0) is 19.3 Å². The Labute approximate surface area is 71.2 Å². The quantitative estimate of drug-likeness (QED) is 0.630. The molecule has 0 aliphatic heterocycles. The summed E-state index contributed by atoms with van der Waals surface area (Å²) in [7, 11) is 0. The Morgan fingerprint density at radius 1 is 1.58 bits per heavy atom. The molecule has 0 radical (unpaired) electrons. The zero-order valence-electron chi connectivity index (χ0n) is 6.92. The molecule has 12 heavy (non-hydrogen) atoms. The number of nitrogens with zero attached hydrogens (tertiary/aromatic N) is 1. The van der Waals surface area contributed by atoms with Crippen LogP contribution < -0.4 is 5.73 Å². The average Bonchev–Trinajstić information content (AvgIpc) is 2.49. The Hall–Kier alpha value is -1.32. The monoisotopic (exact) mass is 167 g/mol. The highest BCUT2D eigenvalue weighted by molar-refractivity contribution is 5.73. The van der Waals surface area contributed by atoms with Crippen molar-refractivity contribution in [2.75, 3.05) is 0 Å². The van der Waals surface area contributed by atoms with Gasteiger partial charge >= 0.3 is 0 Å². The molecule has 0 aliphatic carbocycles. The van der Waals surface area contributed by atoms with E-state index in [9.17, 15) is 4.79 Å². The summed E-state index contributed by atoms with van der Waals surface area (Å²) >= 11 is 0. The molecule has 0 spiro atoms. The lowest BCUT2D eigenvalue weighted by Crippen LogP contribution is -2.09. The first kappa shape index (κ1) is 8.77. The number of primary amides is 1. The summed E-state index contributed by atoms with van der Waals surface area (Å²) in [6.07, 6.45) is 6.70. The number of H-pyrrole nitrogens is 1. The van der Waals surface area contributed by atoms with E-state index in [-0.39, 0.29) is 5.91 Å². The van der Waals surface area contributed by atoms with Gasteiger partial charge in [0.15, 0.2) is 0 Å². The van der Waals surface area contributed by atoms with Crippen molar-refractivity contribution in [1.82, 2.24) is 9.97 Å². The molecule has 1 amide bonds. The predicted octanol–water partition coefficient (Wildman–Crippen LogP) is 0.608. The van der Waals surface area contributed by atoms with Crippen LogP contribution in [0, 0.1) is 0 Å². The Kier molecular flexibility index (Phi) is 3.32. The number of hydrogen-bond acceptors (Lipinski definition) is 2. The molecule has 0 fully saturated rings. The summed E-state index contributed by atoms with van der Waals surface area (Å²) in [5.41, 5.74) is 6.10. The molecule has 0 saturated heterocycles. The molecule has 4 heteroatoms. The van der Waals surface area contributed by atoms with Crippen molar-refractivity contribution in [2.24, 2.45) is 5.73 Å².